The minimum absolute atomic E-state index is 0.0413. The summed E-state index contributed by atoms with van der Waals surface area (Å²) in [5.74, 6) is -3.58. The van der Waals surface area contributed by atoms with Gasteiger partial charge in [0.2, 0.25) is 0 Å². The second kappa shape index (κ2) is 9.43. The third kappa shape index (κ3) is 5.34. The number of methoxy groups -OCH3 is 2. The minimum Gasteiger partial charge on any atom is -0.480 e. The van der Waals surface area contributed by atoms with E-state index in [1.54, 1.807) is 6.07 Å². The molecule has 0 saturated heterocycles. The molecule has 0 bridgehead atoms. The predicted octanol–water partition coefficient (Wildman–Crippen LogP) is 0.280. The zero-order valence-electron chi connectivity index (χ0n) is 13.9. The van der Waals surface area contributed by atoms with Crippen LogP contribution in [0.2, 0.25) is 0 Å². The molecule has 10 nitrogen and oxygen atoms in total. The molecule has 1 amide bonds. The first-order chi connectivity index (χ1) is 12.3. The lowest BCUT2D eigenvalue weighted by atomic mass is 10.1. The van der Waals surface area contributed by atoms with Crippen molar-refractivity contribution in [1.29, 1.82) is 5.26 Å². The summed E-state index contributed by atoms with van der Waals surface area (Å²) >= 11 is 0. The molecule has 0 fully saturated rings. The zero-order valence-corrected chi connectivity index (χ0v) is 13.9. The third-order valence-corrected chi connectivity index (χ3v) is 2.98. The second-order valence-electron chi connectivity index (χ2n) is 4.63. The van der Waals surface area contributed by atoms with Gasteiger partial charge in [-0.2, -0.15) is 5.26 Å². The molecule has 1 aromatic carbocycles. The van der Waals surface area contributed by atoms with Gasteiger partial charge in [0.05, 0.1) is 31.0 Å². The van der Waals surface area contributed by atoms with Crippen LogP contribution in [-0.2, 0) is 19.1 Å². The summed E-state index contributed by atoms with van der Waals surface area (Å²) in [6, 6.07) is 5.52. The maximum absolute atomic E-state index is 11.8. The lowest BCUT2D eigenvalue weighted by molar-refractivity contribution is -0.137. The Labute approximate surface area is 148 Å². The van der Waals surface area contributed by atoms with Crippen LogP contribution < -0.4 is 10.6 Å². The fourth-order valence-electron chi connectivity index (χ4n) is 1.75. The Morgan fingerprint density at radius 2 is 1.85 bits per heavy atom. The highest BCUT2D eigenvalue weighted by molar-refractivity contribution is 6.01. The smallest absolute Gasteiger partial charge is 0.339 e. The van der Waals surface area contributed by atoms with Crippen LogP contribution in [0.5, 0.6) is 0 Å². The summed E-state index contributed by atoms with van der Waals surface area (Å²) in [6.07, 6.45) is 0.972. The first-order valence-corrected chi connectivity index (χ1v) is 7.01. The molecule has 0 aromatic heterocycles. The fraction of sp³-hybridized carbons (Fsp3) is 0.188. The summed E-state index contributed by atoms with van der Waals surface area (Å²) in [4.78, 5) is 45.6. The normalized spacial score (nSPS) is 10.3. The number of rotatable bonds is 7. The van der Waals surface area contributed by atoms with Crippen LogP contribution in [-0.4, -0.2) is 49.7 Å². The van der Waals surface area contributed by atoms with Crippen molar-refractivity contribution in [3.63, 3.8) is 0 Å². The molecule has 0 spiro atoms. The van der Waals surface area contributed by atoms with E-state index in [0.717, 1.165) is 13.3 Å². The second-order valence-corrected chi connectivity index (χ2v) is 4.63. The van der Waals surface area contributed by atoms with Gasteiger partial charge in [-0.15, -0.1) is 0 Å². The molecule has 0 unspecified atom stereocenters. The highest BCUT2D eigenvalue weighted by Crippen LogP contribution is 2.20. The Kier molecular flexibility index (Phi) is 7.32. The van der Waals surface area contributed by atoms with Crippen molar-refractivity contribution in [2.45, 2.75) is 0 Å². The number of anilines is 1. The van der Waals surface area contributed by atoms with Gasteiger partial charge in [-0.25, -0.2) is 9.59 Å². The van der Waals surface area contributed by atoms with Gasteiger partial charge < -0.3 is 25.2 Å². The number of nitrogens with zero attached hydrogens (tertiary/aromatic N) is 1. The van der Waals surface area contributed by atoms with Gasteiger partial charge in [-0.3, -0.25) is 9.59 Å². The van der Waals surface area contributed by atoms with Gasteiger partial charge >= 0.3 is 17.9 Å². The number of carboxylic acid groups (broad SMARTS) is 1. The summed E-state index contributed by atoms with van der Waals surface area (Å²) in [7, 11) is 2.35. The van der Waals surface area contributed by atoms with Crippen LogP contribution in [0.1, 0.15) is 20.7 Å². The maximum Gasteiger partial charge on any atom is 0.339 e. The van der Waals surface area contributed by atoms with Crippen LogP contribution in [0.3, 0.4) is 0 Å². The Morgan fingerprint density at radius 1 is 1.19 bits per heavy atom. The number of carboxylic acids is 1. The van der Waals surface area contributed by atoms with Gasteiger partial charge in [0.15, 0.2) is 0 Å². The van der Waals surface area contributed by atoms with Crippen molar-refractivity contribution in [3.05, 3.63) is 41.1 Å². The molecule has 0 atom stereocenters. The van der Waals surface area contributed by atoms with Crippen molar-refractivity contribution in [2.24, 2.45) is 0 Å². The molecule has 0 heterocycles. The molecule has 0 saturated carbocycles. The number of nitriles is 1. The van der Waals surface area contributed by atoms with Crippen LogP contribution >= 0.6 is 0 Å². The van der Waals surface area contributed by atoms with Crippen molar-refractivity contribution < 1.29 is 33.8 Å². The van der Waals surface area contributed by atoms with Crippen LogP contribution in [0, 0.1) is 11.3 Å². The largest absolute Gasteiger partial charge is 0.480 e. The molecular formula is C16H15N3O7. The van der Waals surface area contributed by atoms with Crippen molar-refractivity contribution in [2.75, 3.05) is 26.1 Å². The van der Waals surface area contributed by atoms with Gasteiger partial charge in [0.25, 0.3) is 5.91 Å². The van der Waals surface area contributed by atoms with E-state index >= 15 is 0 Å². The number of hydrogen-bond donors (Lipinski definition) is 3. The Balaban J connectivity index is 3.16. The highest BCUT2D eigenvalue weighted by Gasteiger charge is 2.16. The third-order valence-electron chi connectivity index (χ3n) is 2.98. The van der Waals surface area contributed by atoms with Crippen molar-refractivity contribution in [3.8, 4) is 6.07 Å². The maximum atomic E-state index is 11.8. The number of benzene rings is 1. The van der Waals surface area contributed by atoms with E-state index in [1.807, 2.05) is 5.32 Å². The molecule has 1 rings (SSSR count). The van der Waals surface area contributed by atoms with E-state index in [0.29, 0.717) is 0 Å². The number of aliphatic carboxylic acids is 1. The van der Waals surface area contributed by atoms with E-state index in [-0.39, 0.29) is 16.8 Å². The fourth-order valence-corrected chi connectivity index (χ4v) is 1.75. The lowest BCUT2D eigenvalue weighted by Crippen LogP contribution is -2.30. The van der Waals surface area contributed by atoms with Crippen molar-refractivity contribution >= 4 is 29.5 Å². The number of carbonyl (C=O) groups is 4. The summed E-state index contributed by atoms with van der Waals surface area (Å²) in [6.45, 7) is -0.664. The highest BCUT2D eigenvalue weighted by atomic mass is 16.5. The number of esters is 2. The Morgan fingerprint density at radius 3 is 2.38 bits per heavy atom. The van der Waals surface area contributed by atoms with E-state index in [2.05, 4.69) is 14.8 Å². The minimum atomic E-state index is -1.28. The predicted molar refractivity (Wildman–Crippen MR) is 87.1 cm³/mol. The number of amides is 1. The number of ether oxygens (including phenoxy) is 2. The Bertz CT molecular complexity index is 809. The summed E-state index contributed by atoms with van der Waals surface area (Å²) in [5, 5.41) is 22.1. The Hall–Kier alpha value is -3.87. The quantitative estimate of drug-likeness (QED) is 0.353. The molecule has 0 aliphatic rings. The van der Waals surface area contributed by atoms with E-state index in [4.69, 9.17) is 10.4 Å². The molecular weight excluding hydrogens is 346 g/mol. The van der Waals surface area contributed by atoms with Gasteiger partial charge in [0.1, 0.15) is 18.2 Å². The lowest BCUT2D eigenvalue weighted by Gasteiger charge is -2.10. The standard InChI is InChI=1S/C16H15N3O7/c1-25-15(23)9-3-4-11(16(24)26-2)12(5-9)18-7-10(6-17)14(22)19-8-13(20)21/h3-5,7,18H,8H2,1-2H3,(H,19,22)(H,20,21)/b10-7-. The summed E-state index contributed by atoms with van der Waals surface area (Å²) in [5.41, 5.74) is -0.200. The monoisotopic (exact) mass is 361 g/mol. The average molecular weight is 361 g/mol. The molecule has 0 aliphatic carbocycles. The molecule has 26 heavy (non-hydrogen) atoms. The van der Waals surface area contributed by atoms with E-state index in [1.165, 1.54) is 25.3 Å². The molecule has 0 radical (unpaired) electrons. The molecule has 1 aromatic rings. The number of nitrogens with one attached hydrogen (secondary N) is 2. The van der Waals surface area contributed by atoms with Crippen LogP contribution in [0.15, 0.2) is 30.0 Å². The number of hydrogen-bond acceptors (Lipinski definition) is 8. The van der Waals surface area contributed by atoms with Crippen molar-refractivity contribution in [1.82, 2.24) is 5.32 Å². The molecule has 3 N–H and O–H groups in total. The van der Waals surface area contributed by atoms with Crippen LogP contribution in [0.25, 0.3) is 0 Å². The molecule has 136 valence electrons. The van der Waals surface area contributed by atoms with Gasteiger partial charge in [-0.1, -0.05) is 0 Å². The summed E-state index contributed by atoms with van der Waals surface area (Å²) < 4.78 is 9.21. The van der Waals surface area contributed by atoms with Gasteiger partial charge in [-0.05, 0) is 18.2 Å². The molecule has 10 heteroatoms. The SMILES string of the molecule is COC(=O)c1ccc(C(=O)OC)c(N/C=C(/C#N)C(=O)NCC(=O)O)c1. The number of carbonyl (C=O) groups excluding carboxylic acids is 3. The van der Waals surface area contributed by atoms with E-state index < -0.39 is 35.9 Å². The molecule has 0 aliphatic heterocycles. The van der Waals surface area contributed by atoms with Gasteiger partial charge in [0, 0.05) is 6.20 Å². The topological polar surface area (TPSA) is 155 Å². The van der Waals surface area contributed by atoms with E-state index in [9.17, 15) is 19.2 Å². The zero-order chi connectivity index (χ0) is 19.7. The first kappa shape index (κ1) is 20.2. The first-order valence-electron chi connectivity index (χ1n) is 7.01. The van der Waals surface area contributed by atoms with Crippen LogP contribution in [0.4, 0.5) is 5.69 Å². The average Bonchev–Trinajstić information content (AvgIpc) is 2.65.